The Labute approximate surface area is 129 Å². The standard InChI is InChI=1S/C17H18N2O3/c1-10-8-13(9-11(2)15(10)21-3)17(20)22-14-6-4-12(5-7-14)16(18)19/h4-9H,1-3H3,(H3,18,19). The summed E-state index contributed by atoms with van der Waals surface area (Å²) in [5.41, 5.74) is 8.18. The van der Waals surface area contributed by atoms with E-state index in [1.54, 1.807) is 43.5 Å². The molecule has 0 amide bonds. The van der Waals surface area contributed by atoms with Crippen molar-refractivity contribution in [2.45, 2.75) is 13.8 Å². The lowest BCUT2D eigenvalue weighted by Crippen LogP contribution is -2.12. The highest BCUT2D eigenvalue weighted by Crippen LogP contribution is 2.25. The van der Waals surface area contributed by atoms with Gasteiger partial charge in [0.2, 0.25) is 0 Å². The van der Waals surface area contributed by atoms with Gasteiger partial charge < -0.3 is 15.2 Å². The van der Waals surface area contributed by atoms with E-state index >= 15 is 0 Å². The van der Waals surface area contributed by atoms with Crippen LogP contribution in [0.1, 0.15) is 27.0 Å². The molecule has 2 aromatic carbocycles. The molecule has 0 aromatic heterocycles. The van der Waals surface area contributed by atoms with Gasteiger partial charge in [0, 0.05) is 5.56 Å². The van der Waals surface area contributed by atoms with Crippen molar-refractivity contribution in [3.8, 4) is 11.5 Å². The Morgan fingerprint density at radius 2 is 1.59 bits per heavy atom. The molecule has 0 saturated carbocycles. The molecule has 0 unspecified atom stereocenters. The van der Waals surface area contributed by atoms with E-state index in [9.17, 15) is 4.79 Å². The van der Waals surface area contributed by atoms with Gasteiger partial charge in [-0.25, -0.2) is 4.79 Å². The summed E-state index contributed by atoms with van der Waals surface area (Å²) in [7, 11) is 1.60. The zero-order valence-corrected chi connectivity index (χ0v) is 12.8. The molecule has 3 N–H and O–H groups in total. The van der Waals surface area contributed by atoms with Crippen LogP contribution in [0.3, 0.4) is 0 Å². The number of carbonyl (C=O) groups excluding carboxylic acids is 1. The Hall–Kier alpha value is -2.82. The van der Waals surface area contributed by atoms with E-state index in [0.29, 0.717) is 16.9 Å². The molecule has 5 nitrogen and oxygen atoms in total. The van der Waals surface area contributed by atoms with Crippen molar-refractivity contribution in [3.63, 3.8) is 0 Å². The minimum Gasteiger partial charge on any atom is -0.496 e. The van der Waals surface area contributed by atoms with E-state index in [0.717, 1.165) is 16.9 Å². The normalized spacial score (nSPS) is 10.1. The maximum Gasteiger partial charge on any atom is 0.343 e. The summed E-state index contributed by atoms with van der Waals surface area (Å²) in [4.78, 5) is 12.2. The van der Waals surface area contributed by atoms with Crippen LogP contribution in [0.15, 0.2) is 36.4 Å². The van der Waals surface area contributed by atoms with Crippen LogP contribution in [0, 0.1) is 19.3 Å². The first kappa shape index (κ1) is 15.6. The third-order valence-corrected chi connectivity index (χ3v) is 3.28. The monoisotopic (exact) mass is 298 g/mol. The summed E-state index contributed by atoms with van der Waals surface area (Å²) in [6.07, 6.45) is 0. The van der Waals surface area contributed by atoms with E-state index in [4.69, 9.17) is 20.6 Å². The van der Waals surface area contributed by atoms with E-state index < -0.39 is 5.97 Å². The molecular formula is C17H18N2O3. The van der Waals surface area contributed by atoms with Gasteiger partial charge in [0.15, 0.2) is 0 Å². The van der Waals surface area contributed by atoms with Crippen LogP contribution in [0.4, 0.5) is 0 Å². The van der Waals surface area contributed by atoms with Crippen LogP contribution < -0.4 is 15.2 Å². The molecule has 0 heterocycles. The molecule has 5 heteroatoms. The maximum absolute atomic E-state index is 12.2. The highest BCUT2D eigenvalue weighted by atomic mass is 16.5. The molecule has 0 bridgehead atoms. The number of amidine groups is 1. The minimum absolute atomic E-state index is 0.0284. The minimum atomic E-state index is -0.440. The number of hydrogen-bond donors (Lipinski definition) is 2. The van der Waals surface area contributed by atoms with Crippen LogP contribution in [0.2, 0.25) is 0 Å². The molecule has 114 valence electrons. The molecule has 0 aliphatic rings. The number of methoxy groups -OCH3 is 1. The Morgan fingerprint density at radius 1 is 1.05 bits per heavy atom. The van der Waals surface area contributed by atoms with Gasteiger partial charge in [-0.05, 0) is 61.4 Å². The Kier molecular flexibility index (Phi) is 4.46. The highest BCUT2D eigenvalue weighted by molar-refractivity contribution is 5.95. The smallest absolute Gasteiger partial charge is 0.343 e. The van der Waals surface area contributed by atoms with E-state index in [1.807, 2.05) is 13.8 Å². The summed E-state index contributed by atoms with van der Waals surface area (Å²) in [5.74, 6) is 0.701. The summed E-state index contributed by atoms with van der Waals surface area (Å²) in [6.45, 7) is 3.76. The van der Waals surface area contributed by atoms with Crippen LogP contribution in [0.25, 0.3) is 0 Å². The van der Waals surface area contributed by atoms with Gasteiger partial charge in [-0.2, -0.15) is 0 Å². The molecule has 22 heavy (non-hydrogen) atoms. The lowest BCUT2D eigenvalue weighted by atomic mass is 10.1. The Morgan fingerprint density at radius 3 is 2.05 bits per heavy atom. The molecule has 0 aliphatic heterocycles. The average molecular weight is 298 g/mol. The SMILES string of the molecule is COc1c(C)cc(C(=O)Oc2ccc(C(=N)N)cc2)cc1C. The molecule has 0 atom stereocenters. The average Bonchev–Trinajstić information content (AvgIpc) is 2.47. The van der Waals surface area contributed by atoms with Crippen LogP contribution in [-0.4, -0.2) is 18.9 Å². The molecule has 0 aliphatic carbocycles. The first-order valence-corrected chi connectivity index (χ1v) is 6.74. The first-order valence-electron chi connectivity index (χ1n) is 6.74. The van der Waals surface area contributed by atoms with Gasteiger partial charge in [-0.3, -0.25) is 5.41 Å². The largest absolute Gasteiger partial charge is 0.496 e. The zero-order valence-electron chi connectivity index (χ0n) is 12.8. The molecule has 0 fully saturated rings. The van der Waals surface area contributed by atoms with Gasteiger partial charge in [0.25, 0.3) is 0 Å². The van der Waals surface area contributed by atoms with Crippen LogP contribution in [0.5, 0.6) is 11.5 Å². The fourth-order valence-corrected chi connectivity index (χ4v) is 2.26. The van der Waals surface area contributed by atoms with E-state index in [-0.39, 0.29) is 5.84 Å². The van der Waals surface area contributed by atoms with Crippen LogP contribution in [-0.2, 0) is 0 Å². The van der Waals surface area contributed by atoms with Crippen molar-refractivity contribution in [1.29, 1.82) is 5.41 Å². The lowest BCUT2D eigenvalue weighted by Gasteiger charge is -2.11. The third kappa shape index (κ3) is 3.25. The number of nitrogen functional groups attached to an aromatic ring is 1. The highest BCUT2D eigenvalue weighted by Gasteiger charge is 2.13. The molecule has 2 rings (SSSR count). The van der Waals surface area contributed by atoms with Crippen molar-refractivity contribution >= 4 is 11.8 Å². The predicted octanol–water partition coefficient (Wildman–Crippen LogP) is 2.82. The number of aryl methyl sites for hydroxylation is 2. The van der Waals surface area contributed by atoms with Gasteiger partial charge in [-0.15, -0.1) is 0 Å². The lowest BCUT2D eigenvalue weighted by molar-refractivity contribution is 0.0734. The number of nitrogens with one attached hydrogen (secondary N) is 1. The number of esters is 1. The summed E-state index contributed by atoms with van der Waals surface area (Å²) < 4.78 is 10.6. The predicted molar refractivity (Wildman–Crippen MR) is 84.9 cm³/mol. The van der Waals surface area contributed by atoms with Gasteiger partial charge >= 0.3 is 5.97 Å². The summed E-state index contributed by atoms with van der Waals surface area (Å²) >= 11 is 0. The van der Waals surface area contributed by atoms with Crippen molar-refractivity contribution in [2.24, 2.45) is 5.73 Å². The van der Waals surface area contributed by atoms with Crippen molar-refractivity contribution in [3.05, 3.63) is 58.7 Å². The fourth-order valence-electron chi connectivity index (χ4n) is 2.26. The number of carbonyl (C=O) groups is 1. The van der Waals surface area contributed by atoms with Gasteiger partial charge in [0.05, 0.1) is 12.7 Å². The quantitative estimate of drug-likeness (QED) is 0.393. The second-order valence-corrected chi connectivity index (χ2v) is 4.97. The number of hydrogen-bond acceptors (Lipinski definition) is 4. The van der Waals surface area contributed by atoms with Gasteiger partial charge in [-0.1, -0.05) is 0 Å². The number of ether oxygens (including phenoxy) is 2. The van der Waals surface area contributed by atoms with Crippen molar-refractivity contribution < 1.29 is 14.3 Å². The molecule has 0 spiro atoms. The second kappa shape index (κ2) is 6.30. The van der Waals surface area contributed by atoms with Crippen molar-refractivity contribution in [1.82, 2.24) is 0 Å². The first-order chi connectivity index (χ1) is 10.4. The topological polar surface area (TPSA) is 85.4 Å². The van der Waals surface area contributed by atoms with E-state index in [2.05, 4.69) is 0 Å². The molecule has 0 radical (unpaired) electrons. The molecule has 2 aromatic rings. The Balaban J connectivity index is 2.20. The molecular weight excluding hydrogens is 280 g/mol. The van der Waals surface area contributed by atoms with Crippen LogP contribution >= 0.6 is 0 Å². The Bertz CT molecular complexity index is 698. The zero-order chi connectivity index (χ0) is 16.3. The second-order valence-electron chi connectivity index (χ2n) is 4.97. The molecule has 0 saturated heterocycles. The maximum atomic E-state index is 12.2. The number of rotatable bonds is 4. The van der Waals surface area contributed by atoms with Crippen molar-refractivity contribution in [2.75, 3.05) is 7.11 Å². The number of benzene rings is 2. The summed E-state index contributed by atoms with van der Waals surface area (Å²) in [5, 5.41) is 7.33. The number of nitrogens with two attached hydrogens (primary N) is 1. The van der Waals surface area contributed by atoms with E-state index in [1.165, 1.54) is 0 Å². The summed E-state index contributed by atoms with van der Waals surface area (Å²) in [6, 6.07) is 9.96. The fraction of sp³-hybridized carbons (Fsp3) is 0.176. The third-order valence-electron chi connectivity index (χ3n) is 3.28. The van der Waals surface area contributed by atoms with Gasteiger partial charge in [0.1, 0.15) is 17.3 Å².